The minimum Gasteiger partial charge on any atom is -0.383 e. The van der Waals surface area contributed by atoms with Crippen molar-refractivity contribution in [2.24, 2.45) is 7.05 Å². The minimum atomic E-state index is -0.553. The van der Waals surface area contributed by atoms with Gasteiger partial charge in [0.1, 0.15) is 17.5 Å². The van der Waals surface area contributed by atoms with Gasteiger partial charge in [0.15, 0.2) is 0 Å². The molecule has 1 aromatic heterocycles. The number of aryl methyl sites for hydroxylation is 1. The maximum Gasteiger partial charge on any atom is 0.131 e. The smallest absolute Gasteiger partial charge is 0.131 e. The van der Waals surface area contributed by atoms with Crippen molar-refractivity contribution in [3.63, 3.8) is 0 Å². The van der Waals surface area contributed by atoms with Crippen LogP contribution in [0.1, 0.15) is 5.56 Å². The zero-order valence-electron chi connectivity index (χ0n) is 10.1. The lowest BCUT2D eigenvalue weighted by atomic mass is 10.0. The number of nitrogens with two attached hydrogens (primary N) is 1. The van der Waals surface area contributed by atoms with E-state index in [1.165, 1.54) is 18.0 Å². The Morgan fingerprint density at radius 2 is 2.00 bits per heavy atom. The highest BCUT2D eigenvalue weighted by Crippen LogP contribution is 2.29. The van der Waals surface area contributed by atoms with E-state index in [0.717, 1.165) is 12.1 Å². The highest BCUT2D eigenvalue weighted by Gasteiger charge is 2.15. The largest absolute Gasteiger partial charge is 0.383 e. The number of rotatable bonds is 3. The molecule has 2 rings (SSSR count). The molecule has 0 saturated heterocycles. The van der Waals surface area contributed by atoms with E-state index in [4.69, 9.17) is 10.5 Å². The summed E-state index contributed by atoms with van der Waals surface area (Å²) in [6, 6.07) is 2.22. The number of anilines is 1. The van der Waals surface area contributed by atoms with E-state index in [2.05, 4.69) is 5.10 Å². The van der Waals surface area contributed by atoms with Gasteiger partial charge in [0.05, 0.1) is 12.8 Å². The first-order valence-electron chi connectivity index (χ1n) is 5.29. The fourth-order valence-electron chi connectivity index (χ4n) is 1.72. The topological polar surface area (TPSA) is 53.1 Å². The van der Waals surface area contributed by atoms with Crippen molar-refractivity contribution in [3.8, 4) is 11.1 Å². The summed E-state index contributed by atoms with van der Waals surface area (Å²) in [6.07, 6.45) is 1.41. The Balaban J connectivity index is 2.53. The molecule has 0 aliphatic carbocycles. The van der Waals surface area contributed by atoms with Gasteiger partial charge in [-0.15, -0.1) is 0 Å². The number of benzene rings is 1. The molecule has 0 unspecified atom stereocenters. The quantitative estimate of drug-likeness (QED) is 0.911. The van der Waals surface area contributed by atoms with E-state index in [0.29, 0.717) is 5.56 Å². The predicted molar refractivity (Wildman–Crippen MR) is 63.7 cm³/mol. The van der Waals surface area contributed by atoms with Crippen LogP contribution in [0.25, 0.3) is 11.1 Å². The Bertz CT molecular complexity index is 581. The number of ether oxygens (including phenoxy) is 1. The van der Waals surface area contributed by atoms with Crippen LogP contribution in [0.15, 0.2) is 18.3 Å². The Hall–Kier alpha value is -1.95. The van der Waals surface area contributed by atoms with Gasteiger partial charge in [-0.05, 0) is 12.1 Å². The minimum absolute atomic E-state index is 0.0194. The average Bonchev–Trinajstić information content (AvgIpc) is 2.65. The number of methoxy groups -OCH3 is 1. The maximum absolute atomic E-state index is 13.9. The summed E-state index contributed by atoms with van der Waals surface area (Å²) in [6.45, 7) is 0.0194. The molecule has 4 nitrogen and oxygen atoms in total. The van der Waals surface area contributed by atoms with Gasteiger partial charge in [0, 0.05) is 30.8 Å². The molecule has 0 amide bonds. The fourth-order valence-corrected chi connectivity index (χ4v) is 1.72. The molecule has 0 saturated carbocycles. The van der Waals surface area contributed by atoms with Crippen molar-refractivity contribution in [3.05, 3.63) is 35.5 Å². The zero-order valence-corrected chi connectivity index (χ0v) is 10.1. The van der Waals surface area contributed by atoms with Crippen LogP contribution in [0, 0.1) is 11.6 Å². The van der Waals surface area contributed by atoms with E-state index in [-0.39, 0.29) is 23.6 Å². The molecule has 0 aliphatic heterocycles. The van der Waals surface area contributed by atoms with Crippen LogP contribution in [0.5, 0.6) is 0 Å². The molecule has 0 bridgehead atoms. The highest BCUT2D eigenvalue weighted by atomic mass is 19.1. The van der Waals surface area contributed by atoms with Gasteiger partial charge in [-0.25, -0.2) is 8.78 Å². The molecule has 96 valence electrons. The van der Waals surface area contributed by atoms with E-state index in [1.807, 2.05) is 0 Å². The van der Waals surface area contributed by atoms with Crippen LogP contribution in [-0.2, 0) is 18.4 Å². The average molecular weight is 253 g/mol. The molecule has 1 heterocycles. The summed E-state index contributed by atoms with van der Waals surface area (Å²) in [7, 11) is 3.05. The van der Waals surface area contributed by atoms with Gasteiger partial charge in [0.2, 0.25) is 0 Å². The summed E-state index contributed by atoms with van der Waals surface area (Å²) in [5, 5.41) is 3.90. The van der Waals surface area contributed by atoms with Crippen LogP contribution in [0.2, 0.25) is 0 Å². The summed E-state index contributed by atoms with van der Waals surface area (Å²) >= 11 is 0. The molecule has 0 fully saturated rings. The monoisotopic (exact) mass is 253 g/mol. The zero-order chi connectivity index (χ0) is 13.3. The lowest BCUT2D eigenvalue weighted by Gasteiger charge is -2.07. The molecular formula is C12H13F2N3O. The first-order chi connectivity index (χ1) is 8.54. The lowest BCUT2D eigenvalue weighted by Crippen LogP contribution is -2.00. The normalized spacial score (nSPS) is 10.9. The van der Waals surface area contributed by atoms with Gasteiger partial charge in [-0.2, -0.15) is 5.10 Å². The molecule has 18 heavy (non-hydrogen) atoms. The number of hydrogen-bond acceptors (Lipinski definition) is 3. The van der Waals surface area contributed by atoms with Crippen molar-refractivity contribution in [2.75, 3.05) is 12.8 Å². The molecule has 0 radical (unpaired) electrons. The van der Waals surface area contributed by atoms with Crippen LogP contribution >= 0.6 is 0 Å². The highest BCUT2D eigenvalue weighted by molar-refractivity contribution is 5.74. The van der Waals surface area contributed by atoms with Crippen LogP contribution in [-0.4, -0.2) is 16.9 Å². The number of halogens is 2. The standard InChI is InChI=1S/C12H13F2N3O/c1-17-12(15)9(5-16-17)8-4-10(13)7(6-18-2)3-11(8)14/h3-5H,6,15H2,1-2H3. The Morgan fingerprint density at radius 3 is 2.56 bits per heavy atom. The van der Waals surface area contributed by atoms with Crippen LogP contribution < -0.4 is 5.73 Å². The summed E-state index contributed by atoms with van der Waals surface area (Å²) in [5.41, 5.74) is 6.37. The maximum atomic E-state index is 13.9. The number of hydrogen-bond donors (Lipinski definition) is 1. The van der Waals surface area contributed by atoms with E-state index < -0.39 is 11.6 Å². The van der Waals surface area contributed by atoms with Crippen molar-refractivity contribution in [1.29, 1.82) is 0 Å². The van der Waals surface area contributed by atoms with Gasteiger partial charge < -0.3 is 10.5 Å². The third-order valence-corrected chi connectivity index (χ3v) is 2.71. The van der Waals surface area contributed by atoms with Crippen molar-refractivity contribution in [1.82, 2.24) is 9.78 Å². The number of aromatic nitrogens is 2. The van der Waals surface area contributed by atoms with E-state index >= 15 is 0 Å². The summed E-state index contributed by atoms with van der Waals surface area (Å²) < 4.78 is 33.8. The van der Waals surface area contributed by atoms with Crippen LogP contribution in [0.4, 0.5) is 14.6 Å². The van der Waals surface area contributed by atoms with Gasteiger partial charge in [0.25, 0.3) is 0 Å². The lowest BCUT2D eigenvalue weighted by molar-refractivity contribution is 0.181. The van der Waals surface area contributed by atoms with Crippen molar-refractivity contribution in [2.45, 2.75) is 6.61 Å². The summed E-state index contributed by atoms with van der Waals surface area (Å²) in [5.74, 6) is -0.799. The second kappa shape index (κ2) is 4.73. The Morgan fingerprint density at radius 1 is 1.28 bits per heavy atom. The second-order valence-electron chi connectivity index (χ2n) is 3.92. The first kappa shape index (κ1) is 12.5. The third-order valence-electron chi connectivity index (χ3n) is 2.71. The molecule has 2 N–H and O–H groups in total. The number of nitrogen functional groups attached to an aromatic ring is 1. The predicted octanol–water partition coefficient (Wildman–Crippen LogP) is 2.09. The van der Waals surface area contributed by atoms with E-state index in [1.54, 1.807) is 7.05 Å². The van der Waals surface area contributed by atoms with Crippen molar-refractivity contribution < 1.29 is 13.5 Å². The molecule has 0 spiro atoms. The van der Waals surface area contributed by atoms with Crippen molar-refractivity contribution >= 4 is 5.82 Å². The SMILES string of the molecule is COCc1cc(F)c(-c2cnn(C)c2N)cc1F. The molecule has 1 aromatic carbocycles. The van der Waals surface area contributed by atoms with E-state index in [9.17, 15) is 8.78 Å². The molecular weight excluding hydrogens is 240 g/mol. The second-order valence-corrected chi connectivity index (χ2v) is 3.92. The van der Waals surface area contributed by atoms with Crippen LogP contribution in [0.3, 0.4) is 0 Å². The van der Waals surface area contributed by atoms with Gasteiger partial charge in [-0.3, -0.25) is 4.68 Å². The summed E-state index contributed by atoms with van der Waals surface area (Å²) in [4.78, 5) is 0. The Labute approximate surface area is 103 Å². The molecule has 0 aliphatic rings. The number of nitrogens with zero attached hydrogens (tertiary/aromatic N) is 2. The van der Waals surface area contributed by atoms with Gasteiger partial charge >= 0.3 is 0 Å². The Kier molecular flexibility index (Phi) is 3.29. The molecule has 0 atom stereocenters. The molecule has 2 aromatic rings. The van der Waals surface area contributed by atoms with Gasteiger partial charge in [-0.1, -0.05) is 0 Å². The third kappa shape index (κ3) is 2.06. The molecule has 6 heteroatoms. The fraction of sp³-hybridized carbons (Fsp3) is 0.250. The first-order valence-corrected chi connectivity index (χ1v) is 5.29.